The minimum atomic E-state index is -0.455. The van der Waals surface area contributed by atoms with Crippen LogP contribution in [0.4, 0.5) is 0 Å². The minimum Gasteiger partial charge on any atom is -0.478 e. The average molecular weight is 187 g/mol. The molecule has 1 saturated carbocycles. The van der Waals surface area contributed by atoms with E-state index in [9.17, 15) is 10.1 Å². The number of thioether (sulfide) groups is 1. The number of hydrogen-bond acceptors (Lipinski definition) is 4. The number of hydrogen-bond donors (Lipinski definition) is 0. The topological polar surface area (TPSA) is 52.4 Å². The third kappa shape index (κ3) is 1.41. The Bertz CT molecular complexity index is 227. The zero-order valence-corrected chi connectivity index (χ0v) is 7.25. The van der Waals surface area contributed by atoms with E-state index in [0.717, 1.165) is 19.0 Å². The maximum absolute atomic E-state index is 10.1. The quantitative estimate of drug-likeness (QED) is 0.463. The van der Waals surface area contributed by atoms with Crippen molar-refractivity contribution in [1.82, 2.24) is 0 Å². The molecule has 0 aromatic heterocycles. The molecule has 2 atom stereocenters. The molecule has 0 aromatic carbocycles. The van der Waals surface area contributed by atoms with Gasteiger partial charge in [-0.1, -0.05) is 11.8 Å². The maximum Gasteiger partial charge on any atom is 0.282 e. The van der Waals surface area contributed by atoms with Gasteiger partial charge in [-0.15, -0.1) is 0 Å². The van der Waals surface area contributed by atoms with E-state index in [1.54, 1.807) is 0 Å². The third-order valence-electron chi connectivity index (χ3n) is 2.14. The van der Waals surface area contributed by atoms with E-state index in [1.165, 1.54) is 18.2 Å². The summed E-state index contributed by atoms with van der Waals surface area (Å²) < 4.78 is 5.38. The summed E-state index contributed by atoms with van der Waals surface area (Å²) in [6.45, 7) is 0. The van der Waals surface area contributed by atoms with Crippen LogP contribution in [0.25, 0.3) is 0 Å². The standard InChI is InChI=1S/C7H9NO3S/c9-8(10)4-7-11-5-2-1-3-6(5)12-7/h4-6H,1-3H2/b7-4-. The molecule has 1 aliphatic carbocycles. The molecule has 0 aromatic rings. The Morgan fingerprint density at radius 2 is 2.50 bits per heavy atom. The second-order valence-corrected chi connectivity index (χ2v) is 4.22. The molecule has 1 heterocycles. The van der Waals surface area contributed by atoms with Crippen molar-refractivity contribution < 1.29 is 9.66 Å². The van der Waals surface area contributed by atoms with E-state index in [0.29, 0.717) is 10.3 Å². The Kier molecular flexibility index (Phi) is 1.96. The fourth-order valence-electron chi connectivity index (χ4n) is 1.63. The van der Waals surface area contributed by atoms with Crippen LogP contribution in [0.5, 0.6) is 0 Å². The monoisotopic (exact) mass is 187 g/mol. The Morgan fingerprint density at radius 3 is 3.17 bits per heavy atom. The van der Waals surface area contributed by atoms with Crippen LogP contribution in [0.2, 0.25) is 0 Å². The van der Waals surface area contributed by atoms with E-state index in [1.807, 2.05) is 0 Å². The SMILES string of the molecule is O=[N+]([O-])/C=C1/OC2CCCC2S1. The van der Waals surface area contributed by atoms with E-state index in [2.05, 4.69) is 0 Å². The molecule has 2 unspecified atom stereocenters. The third-order valence-corrected chi connectivity index (χ3v) is 3.41. The first-order valence-electron chi connectivity index (χ1n) is 3.94. The number of rotatable bonds is 1. The van der Waals surface area contributed by atoms with E-state index in [-0.39, 0.29) is 6.10 Å². The number of nitrogens with zero attached hydrogens (tertiary/aromatic N) is 1. The second kappa shape index (κ2) is 2.97. The fraction of sp³-hybridized carbons (Fsp3) is 0.714. The highest BCUT2D eigenvalue weighted by molar-refractivity contribution is 8.03. The van der Waals surface area contributed by atoms with Gasteiger partial charge in [0.05, 0.1) is 4.92 Å². The molecule has 1 aliphatic heterocycles. The summed E-state index contributed by atoms with van der Waals surface area (Å²) in [6, 6.07) is 0. The molecule has 2 aliphatic rings. The van der Waals surface area contributed by atoms with Crippen LogP contribution < -0.4 is 0 Å². The van der Waals surface area contributed by atoms with Crippen molar-refractivity contribution in [3.63, 3.8) is 0 Å². The highest BCUT2D eigenvalue weighted by atomic mass is 32.2. The zero-order chi connectivity index (χ0) is 8.55. The van der Waals surface area contributed by atoms with Gasteiger partial charge in [-0.25, -0.2) is 0 Å². The zero-order valence-electron chi connectivity index (χ0n) is 6.43. The van der Waals surface area contributed by atoms with Crippen molar-refractivity contribution >= 4 is 11.8 Å². The summed E-state index contributed by atoms with van der Waals surface area (Å²) in [5.74, 6) is 0. The van der Waals surface area contributed by atoms with Crippen molar-refractivity contribution in [3.8, 4) is 0 Å². The predicted molar refractivity (Wildman–Crippen MR) is 45.2 cm³/mol. The summed E-state index contributed by atoms with van der Waals surface area (Å²) in [5.41, 5.74) is 0. The first-order valence-corrected chi connectivity index (χ1v) is 4.82. The van der Waals surface area contributed by atoms with E-state index < -0.39 is 4.92 Å². The fourth-order valence-corrected chi connectivity index (χ4v) is 2.89. The van der Waals surface area contributed by atoms with Crippen molar-refractivity contribution in [1.29, 1.82) is 0 Å². The van der Waals surface area contributed by atoms with Gasteiger partial charge in [0.1, 0.15) is 6.10 Å². The smallest absolute Gasteiger partial charge is 0.282 e. The molecule has 0 spiro atoms. The van der Waals surface area contributed by atoms with Crippen molar-refractivity contribution in [2.45, 2.75) is 30.6 Å². The lowest BCUT2D eigenvalue weighted by atomic mass is 10.3. The molecule has 1 saturated heterocycles. The second-order valence-electron chi connectivity index (χ2n) is 2.98. The molecule has 4 nitrogen and oxygen atoms in total. The molecule has 2 fully saturated rings. The predicted octanol–water partition coefficient (Wildman–Crippen LogP) is 1.75. The van der Waals surface area contributed by atoms with Gasteiger partial charge in [-0.2, -0.15) is 0 Å². The molecule has 0 N–H and O–H groups in total. The summed E-state index contributed by atoms with van der Waals surface area (Å²) in [4.78, 5) is 9.66. The van der Waals surface area contributed by atoms with Crippen LogP contribution in [0.15, 0.2) is 11.3 Å². The van der Waals surface area contributed by atoms with Crippen LogP contribution in [0, 0.1) is 10.1 Å². The molecular weight excluding hydrogens is 178 g/mol. The van der Waals surface area contributed by atoms with Crippen LogP contribution in [-0.2, 0) is 4.74 Å². The molecule has 0 amide bonds. The van der Waals surface area contributed by atoms with Gasteiger partial charge in [-0.3, -0.25) is 10.1 Å². The molecule has 2 rings (SSSR count). The van der Waals surface area contributed by atoms with Crippen LogP contribution in [-0.4, -0.2) is 16.3 Å². The van der Waals surface area contributed by atoms with Crippen LogP contribution in [0.1, 0.15) is 19.3 Å². The highest BCUT2D eigenvalue weighted by Crippen LogP contribution is 2.44. The molecular formula is C7H9NO3S. The number of fused-ring (bicyclic) bond motifs is 1. The minimum absolute atomic E-state index is 0.237. The molecule has 0 bridgehead atoms. The molecule has 66 valence electrons. The Balaban J connectivity index is 2.03. The van der Waals surface area contributed by atoms with Crippen molar-refractivity contribution in [2.24, 2.45) is 0 Å². The Morgan fingerprint density at radius 1 is 1.67 bits per heavy atom. The maximum atomic E-state index is 10.1. The van der Waals surface area contributed by atoms with Gasteiger partial charge < -0.3 is 4.74 Å². The lowest BCUT2D eigenvalue weighted by molar-refractivity contribution is -0.404. The van der Waals surface area contributed by atoms with Gasteiger partial charge in [0.25, 0.3) is 6.20 Å². The number of nitro groups is 1. The van der Waals surface area contributed by atoms with Gasteiger partial charge in [-0.05, 0) is 19.3 Å². The Hall–Kier alpha value is -0.710. The van der Waals surface area contributed by atoms with Gasteiger partial charge >= 0.3 is 0 Å². The van der Waals surface area contributed by atoms with Crippen LogP contribution >= 0.6 is 11.8 Å². The highest BCUT2D eigenvalue weighted by Gasteiger charge is 2.38. The molecule has 12 heavy (non-hydrogen) atoms. The lowest BCUT2D eigenvalue weighted by Crippen LogP contribution is -2.10. The van der Waals surface area contributed by atoms with Crippen molar-refractivity contribution in [2.75, 3.05) is 0 Å². The average Bonchev–Trinajstić information content (AvgIpc) is 2.43. The number of ether oxygens (including phenoxy) is 1. The van der Waals surface area contributed by atoms with Crippen LogP contribution in [0.3, 0.4) is 0 Å². The van der Waals surface area contributed by atoms with Gasteiger partial charge in [0.15, 0.2) is 0 Å². The van der Waals surface area contributed by atoms with Gasteiger partial charge in [0, 0.05) is 5.25 Å². The Labute approximate surface area is 74.1 Å². The first kappa shape index (κ1) is 7.91. The van der Waals surface area contributed by atoms with E-state index in [4.69, 9.17) is 4.74 Å². The lowest BCUT2D eigenvalue weighted by Gasteiger charge is -2.03. The summed E-state index contributed by atoms with van der Waals surface area (Å²) in [6.07, 6.45) is 4.56. The molecule has 0 radical (unpaired) electrons. The summed E-state index contributed by atoms with van der Waals surface area (Å²) >= 11 is 1.51. The molecule has 5 heteroatoms. The summed E-state index contributed by atoms with van der Waals surface area (Å²) in [5, 5.41) is 11.1. The van der Waals surface area contributed by atoms with E-state index >= 15 is 0 Å². The first-order chi connectivity index (χ1) is 5.75. The van der Waals surface area contributed by atoms with Gasteiger partial charge in [0.2, 0.25) is 5.09 Å². The largest absolute Gasteiger partial charge is 0.478 e. The normalized spacial score (nSPS) is 36.5. The summed E-state index contributed by atoms with van der Waals surface area (Å²) in [7, 11) is 0. The van der Waals surface area contributed by atoms with Crippen molar-refractivity contribution in [3.05, 3.63) is 21.4 Å².